The summed E-state index contributed by atoms with van der Waals surface area (Å²) in [5.74, 6) is 3.92. The number of rotatable bonds is 10. The van der Waals surface area contributed by atoms with Crippen molar-refractivity contribution in [3.8, 4) is 29.7 Å². The Labute approximate surface area is 362 Å². The van der Waals surface area contributed by atoms with Crippen molar-refractivity contribution in [3.05, 3.63) is 134 Å². The molecule has 5 rings (SSSR count). The third-order valence-corrected chi connectivity index (χ3v) is 12.3. The lowest BCUT2D eigenvalue weighted by Crippen LogP contribution is -2.27. The fraction of sp³-hybridized carbons (Fsp3) is 0.400. The van der Waals surface area contributed by atoms with E-state index in [0.717, 1.165) is 42.5 Å². The van der Waals surface area contributed by atoms with Gasteiger partial charge in [0.1, 0.15) is 37.5 Å². The summed E-state index contributed by atoms with van der Waals surface area (Å²) in [6, 6.07) is 21.3. The normalized spacial score (nSPS) is 19.4. The van der Waals surface area contributed by atoms with Crippen molar-refractivity contribution in [2.24, 2.45) is 16.4 Å². The first-order chi connectivity index (χ1) is 28.7. The second kappa shape index (κ2) is 18.4. The number of hydrogen-bond donors (Lipinski definition) is 1. The van der Waals surface area contributed by atoms with Gasteiger partial charge in [-0.15, -0.1) is 5.54 Å². The van der Waals surface area contributed by atoms with E-state index in [1.165, 1.54) is 16.9 Å². The van der Waals surface area contributed by atoms with Gasteiger partial charge in [0.05, 0.1) is 0 Å². The zero-order chi connectivity index (χ0) is 44.8. The fourth-order valence-electron chi connectivity index (χ4n) is 8.01. The number of anilines is 2. The van der Waals surface area contributed by atoms with Crippen molar-refractivity contribution < 1.29 is 9.53 Å². The number of azide groups is 1. The SMILES string of the molecule is CC1(C)OC(=C(C#N)C#N)C(C#N)=C1/C=C/C1=C(C#C[Si](C)(C)C)C(=C/C=C2/N(CCCCC(=O)Nc3ccc(N=[N+]=[N-])cc3)c3ccccc3C2(C)C)/CC(C(C)(C)C)C1. The van der Waals surface area contributed by atoms with E-state index in [1.807, 2.05) is 32.1 Å². The Morgan fingerprint density at radius 3 is 2.30 bits per heavy atom. The monoisotopic (exact) mass is 828 g/mol. The van der Waals surface area contributed by atoms with Gasteiger partial charge in [-0.05, 0) is 97.4 Å². The van der Waals surface area contributed by atoms with Crippen molar-refractivity contribution in [1.82, 2.24) is 0 Å². The number of nitrogens with one attached hydrogen (secondary N) is 1. The molecule has 2 aromatic rings. The van der Waals surface area contributed by atoms with Gasteiger partial charge >= 0.3 is 0 Å². The van der Waals surface area contributed by atoms with Crippen LogP contribution >= 0.6 is 0 Å². The number of allylic oxidation sites excluding steroid dienone is 9. The minimum Gasteiger partial charge on any atom is -0.480 e. The highest BCUT2D eigenvalue weighted by molar-refractivity contribution is 6.83. The minimum absolute atomic E-state index is 0.0170. The molecule has 0 saturated heterocycles. The maximum Gasteiger partial charge on any atom is 0.224 e. The van der Waals surface area contributed by atoms with Gasteiger partial charge in [-0.1, -0.05) is 114 Å². The second-order valence-corrected chi connectivity index (χ2v) is 23.7. The molecule has 0 radical (unpaired) electrons. The number of benzene rings is 2. The Kier molecular flexibility index (Phi) is 13.8. The number of nitrogens with zero attached hydrogens (tertiary/aromatic N) is 7. The molecule has 0 aromatic heterocycles. The number of para-hydroxylation sites is 1. The number of carbonyl (C=O) groups is 1. The third-order valence-electron chi connectivity index (χ3n) is 11.5. The molecule has 11 heteroatoms. The van der Waals surface area contributed by atoms with E-state index in [4.69, 9.17) is 10.3 Å². The van der Waals surface area contributed by atoms with Gasteiger partial charge in [-0.25, -0.2) is 0 Å². The van der Waals surface area contributed by atoms with Crippen LogP contribution in [0.1, 0.15) is 86.1 Å². The molecular weight excluding hydrogens is 773 g/mol. The molecule has 0 bridgehead atoms. The Morgan fingerprint density at radius 2 is 1.67 bits per heavy atom. The molecule has 2 aliphatic heterocycles. The molecule has 0 saturated carbocycles. The number of fused-ring (bicyclic) bond motifs is 1. The highest BCUT2D eigenvalue weighted by atomic mass is 28.3. The summed E-state index contributed by atoms with van der Waals surface area (Å²) in [5.41, 5.74) is 19.7. The van der Waals surface area contributed by atoms with E-state index in [1.54, 1.807) is 24.3 Å². The van der Waals surface area contributed by atoms with Gasteiger partial charge < -0.3 is 15.0 Å². The molecule has 1 aliphatic carbocycles. The highest BCUT2D eigenvalue weighted by Crippen LogP contribution is 2.49. The molecule has 1 atom stereocenters. The summed E-state index contributed by atoms with van der Waals surface area (Å²) in [5, 5.41) is 36.1. The molecular formula is C50H56N8O2Si. The second-order valence-electron chi connectivity index (χ2n) is 18.9. The summed E-state index contributed by atoms with van der Waals surface area (Å²) >= 11 is 0. The third kappa shape index (κ3) is 10.6. The van der Waals surface area contributed by atoms with Crippen LogP contribution in [0.5, 0.6) is 0 Å². The lowest BCUT2D eigenvalue weighted by molar-refractivity contribution is -0.116. The number of carbonyl (C=O) groups excluding carboxylic acids is 1. The number of ether oxygens (including phenoxy) is 1. The van der Waals surface area contributed by atoms with E-state index in [2.05, 4.69) is 135 Å². The van der Waals surface area contributed by atoms with Gasteiger partial charge in [-0.3, -0.25) is 4.79 Å². The van der Waals surface area contributed by atoms with Gasteiger partial charge in [-0.2, -0.15) is 15.8 Å². The molecule has 1 amide bonds. The Morgan fingerprint density at radius 1 is 0.984 bits per heavy atom. The average molecular weight is 829 g/mol. The van der Waals surface area contributed by atoms with Crippen LogP contribution in [0.4, 0.5) is 17.1 Å². The largest absolute Gasteiger partial charge is 0.480 e. The maximum atomic E-state index is 12.9. The van der Waals surface area contributed by atoms with Crippen LogP contribution < -0.4 is 10.2 Å². The summed E-state index contributed by atoms with van der Waals surface area (Å²) in [6.07, 6.45) is 12.1. The van der Waals surface area contributed by atoms with E-state index < -0.39 is 13.7 Å². The smallest absolute Gasteiger partial charge is 0.224 e. The first-order valence-corrected chi connectivity index (χ1v) is 24.3. The first kappa shape index (κ1) is 45.6. The van der Waals surface area contributed by atoms with E-state index >= 15 is 0 Å². The van der Waals surface area contributed by atoms with Crippen molar-refractivity contribution in [3.63, 3.8) is 0 Å². The number of amides is 1. The Balaban J connectivity index is 1.54. The molecule has 1 unspecified atom stereocenters. The standard InChI is InChI=1S/C50H56N8O2Si/c1-48(2,3)37-29-34(18-24-42-41(33-53)47(36(31-51)32-52)60-50(42,6)7)40(26-28-61(8,9)10)35(30-37)19-25-45-49(4,5)43-15-11-12-16-44(43)58(45)27-14-13-17-46(59)55-38-20-22-39(23-21-38)56-57-54/h11-12,15-16,18-25,37H,13-14,17,27,29-30H2,1-10H3,(H,55,59)/b24-18+,35-19+,45-25+. The lowest BCUT2D eigenvalue weighted by Gasteiger charge is -2.36. The molecule has 0 spiro atoms. The van der Waals surface area contributed by atoms with Crippen molar-refractivity contribution in [2.75, 3.05) is 16.8 Å². The van der Waals surface area contributed by atoms with Crippen LogP contribution in [0.15, 0.2) is 123 Å². The van der Waals surface area contributed by atoms with Gasteiger partial charge in [0, 0.05) is 57.2 Å². The van der Waals surface area contributed by atoms with Crippen molar-refractivity contribution >= 4 is 31.0 Å². The topological polar surface area (TPSA) is 162 Å². The fourth-order valence-corrected chi connectivity index (χ4v) is 8.51. The van der Waals surface area contributed by atoms with E-state index in [9.17, 15) is 20.6 Å². The predicted octanol–water partition coefficient (Wildman–Crippen LogP) is 12.5. The molecule has 3 aliphatic rings. The quantitative estimate of drug-likeness (QED) is 0.0477. The van der Waals surface area contributed by atoms with E-state index in [0.29, 0.717) is 35.7 Å². The minimum atomic E-state index is -1.81. The summed E-state index contributed by atoms with van der Waals surface area (Å²) < 4.78 is 6.09. The Hall–Kier alpha value is -6.49. The zero-order valence-corrected chi connectivity index (χ0v) is 38.2. The predicted molar refractivity (Wildman–Crippen MR) is 246 cm³/mol. The van der Waals surface area contributed by atoms with Crippen LogP contribution in [0.2, 0.25) is 19.6 Å². The lowest BCUT2D eigenvalue weighted by atomic mass is 9.68. The summed E-state index contributed by atoms with van der Waals surface area (Å²) in [7, 11) is -1.81. The summed E-state index contributed by atoms with van der Waals surface area (Å²) in [6.45, 7) is 22.5. The molecule has 61 heavy (non-hydrogen) atoms. The molecule has 2 heterocycles. The van der Waals surface area contributed by atoms with Gasteiger partial charge in [0.25, 0.3) is 0 Å². The van der Waals surface area contributed by atoms with Crippen molar-refractivity contribution in [1.29, 1.82) is 15.8 Å². The van der Waals surface area contributed by atoms with Crippen LogP contribution in [0, 0.1) is 56.8 Å². The molecule has 1 N–H and O–H groups in total. The molecule has 312 valence electrons. The number of hydrogen-bond acceptors (Lipinski definition) is 7. The highest BCUT2D eigenvalue weighted by Gasteiger charge is 2.41. The Bertz CT molecular complexity index is 2500. The number of unbranched alkanes of at least 4 members (excludes halogenated alkanes) is 1. The molecule has 10 nitrogen and oxygen atoms in total. The van der Waals surface area contributed by atoms with Gasteiger partial charge in [0.2, 0.25) is 5.91 Å². The van der Waals surface area contributed by atoms with E-state index in [-0.39, 0.29) is 33.6 Å². The van der Waals surface area contributed by atoms with Crippen LogP contribution in [0.3, 0.4) is 0 Å². The van der Waals surface area contributed by atoms with Crippen LogP contribution in [0.25, 0.3) is 10.4 Å². The maximum absolute atomic E-state index is 12.9. The average Bonchev–Trinajstić information content (AvgIpc) is 3.58. The van der Waals surface area contributed by atoms with Crippen LogP contribution in [-0.2, 0) is 14.9 Å². The number of nitriles is 3. The first-order valence-electron chi connectivity index (χ1n) is 20.8. The van der Waals surface area contributed by atoms with Crippen molar-refractivity contribution in [2.45, 2.75) is 111 Å². The van der Waals surface area contributed by atoms with Crippen LogP contribution in [-0.4, -0.2) is 26.1 Å². The molecule has 2 aromatic carbocycles. The van der Waals surface area contributed by atoms with Gasteiger partial charge in [0.15, 0.2) is 11.3 Å². The summed E-state index contributed by atoms with van der Waals surface area (Å²) in [4.78, 5) is 18.1. The zero-order valence-electron chi connectivity index (χ0n) is 37.2. The molecule has 0 fully saturated rings.